The molecular formula is C30H30. The van der Waals surface area contributed by atoms with Crippen molar-refractivity contribution in [3.63, 3.8) is 0 Å². The lowest BCUT2D eigenvalue weighted by atomic mass is 9.76. The van der Waals surface area contributed by atoms with Crippen LogP contribution in [0.25, 0.3) is 0 Å². The van der Waals surface area contributed by atoms with E-state index in [-0.39, 0.29) is 0 Å². The van der Waals surface area contributed by atoms with Crippen LogP contribution in [0.2, 0.25) is 0 Å². The third-order valence-electron chi connectivity index (χ3n) is 6.08. The Balaban J connectivity index is 1.63. The molecule has 30 heavy (non-hydrogen) atoms. The summed E-state index contributed by atoms with van der Waals surface area (Å²) in [6, 6.07) is 44.0. The molecule has 0 aliphatic carbocycles. The van der Waals surface area contributed by atoms with Crippen molar-refractivity contribution < 1.29 is 0 Å². The fraction of sp³-hybridized carbons (Fsp3) is 0.200. The molecule has 4 aromatic carbocycles. The van der Waals surface area contributed by atoms with Crippen molar-refractivity contribution in [2.24, 2.45) is 5.92 Å². The van der Waals surface area contributed by atoms with E-state index < -0.39 is 0 Å². The molecule has 0 saturated heterocycles. The van der Waals surface area contributed by atoms with E-state index in [0.29, 0.717) is 11.8 Å². The Morgan fingerprint density at radius 3 is 1.40 bits per heavy atom. The molecule has 0 radical (unpaired) electrons. The van der Waals surface area contributed by atoms with Gasteiger partial charge in [0.15, 0.2) is 0 Å². The largest absolute Gasteiger partial charge is 0.0622 e. The molecular weight excluding hydrogens is 360 g/mol. The van der Waals surface area contributed by atoms with Gasteiger partial charge in [-0.3, -0.25) is 0 Å². The number of hydrogen-bond acceptors (Lipinski definition) is 0. The van der Waals surface area contributed by atoms with Gasteiger partial charge in [-0.1, -0.05) is 121 Å². The normalized spacial score (nSPS) is 12.9. The second-order valence-electron chi connectivity index (χ2n) is 8.18. The van der Waals surface area contributed by atoms with E-state index in [1.54, 1.807) is 0 Å². The van der Waals surface area contributed by atoms with Gasteiger partial charge < -0.3 is 0 Å². The predicted octanol–water partition coefficient (Wildman–Crippen LogP) is 7.50. The second-order valence-corrected chi connectivity index (χ2v) is 8.18. The summed E-state index contributed by atoms with van der Waals surface area (Å²) in [6.07, 6.45) is 4.50. The van der Waals surface area contributed by atoms with Gasteiger partial charge in [0, 0.05) is 0 Å². The maximum Gasteiger partial charge on any atom is -0.00899 e. The van der Waals surface area contributed by atoms with E-state index in [1.807, 2.05) is 0 Å². The minimum atomic E-state index is 0.498. The Labute approximate surface area is 181 Å². The lowest BCUT2D eigenvalue weighted by molar-refractivity contribution is 0.389. The molecule has 2 atom stereocenters. The molecule has 0 N–H and O–H groups in total. The first-order valence-electron chi connectivity index (χ1n) is 11.1. The number of hydrogen-bond donors (Lipinski definition) is 0. The van der Waals surface area contributed by atoms with E-state index in [4.69, 9.17) is 0 Å². The topological polar surface area (TPSA) is 0 Å². The van der Waals surface area contributed by atoms with Crippen LogP contribution in [0, 0.1) is 5.92 Å². The van der Waals surface area contributed by atoms with E-state index in [1.165, 1.54) is 28.7 Å². The Hall–Kier alpha value is -3.12. The van der Waals surface area contributed by atoms with Crippen LogP contribution in [0.5, 0.6) is 0 Å². The summed E-state index contributed by atoms with van der Waals surface area (Å²) in [6.45, 7) is 0. The van der Waals surface area contributed by atoms with Gasteiger partial charge in [0.2, 0.25) is 0 Å². The minimum Gasteiger partial charge on any atom is -0.0622 e. The van der Waals surface area contributed by atoms with Crippen LogP contribution >= 0.6 is 0 Å². The van der Waals surface area contributed by atoms with Crippen LogP contribution in [-0.4, -0.2) is 0 Å². The molecule has 150 valence electrons. The molecule has 0 nitrogen and oxygen atoms in total. The summed E-state index contributed by atoms with van der Waals surface area (Å²) in [7, 11) is 0. The molecule has 0 heterocycles. The quantitative estimate of drug-likeness (QED) is 0.277. The van der Waals surface area contributed by atoms with Gasteiger partial charge in [-0.2, -0.15) is 0 Å². The lowest BCUT2D eigenvalue weighted by Gasteiger charge is -2.28. The summed E-state index contributed by atoms with van der Waals surface area (Å²) in [5, 5.41) is 0. The van der Waals surface area contributed by atoms with E-state index in [9.17, 15) is 0 Å². The maximum atomic E-state index is 2.31. The van der Waals surface area contributed by atoms with Gasteiger partial charge in [-0.25, -0.2) is 0 Å². The number of benzene rings is 4. The van der Waals surface area contributed by atoms with Gasteiger partial charge in [0.05, 0.1) is 0 Å². The van der Waals surface area contributed by atoms with Crippen LogP contribution in [0.3, 0.4) is 0 Å². The van der Waals surface area contributed by atoms with Crippen LogP contribution in [0.4, 0.5) is 0 Å². The first kappa shape index (κ1) is 20.2. The molecule has 0 spiro atoms. The zero-order valence-corrected chi connectivity index (χ0v) is 17.5. The van der Waals surface area contributed by atoms with E-state index in [2.05, 4.69) is 121 Å². The summed E-state index contributed by atoms with van der Waals surface area (Å²) >= 11 is 0. The molecule has 0 unspecified atom stereocenters. The molecule has 0 aliphatic heterocycles. The Bertz CT molecular complexity index is 975. The van der Waals surface area contributed by atoms with Gasteiger partial charge >= 0.3 is 0 Å². The Morgan fingerprint density at radius 2 is 0.867 bits per heavy atom. The van der Waals surface area contributed by atoms with E-state index in [0.717, 1.165) is 19.3 Å². The first-order valence-corrected chi connectivity index (χ1v) is 11.1. The Morgan fingerprint density at radius 1 is 0.433 bits per heavy atom. The van der Waals surface area contributed by atoms with Crippen LogP contribution < -0.4 is 0 Å². The molecule has 0 fully saturated rings. The van der Waals surface area contributed by atoms with Gasteiger partial charge in [-0.05, 0) is 59.8 Å². The molecule has 4 rings (SSSR count). The van der Waals surface area contributed by atoms with Crippen molar-refractivity contribution in [3.8, 4) is 0 Å². The van der Waals surface area contributed by atoms with Crippen molar-refractivity contribution >= 4 is 0 Å². The van der Waals surface area contributed by atoms with Crippen molar-refractivity contribution in [1.29, 1.82) is 0 Å². The molecule has 0 aromatic heterocycles. The molecule has 0 aliphatic rings. The molecule has 4 aromatic rings. The first-order chi connectivity index (χ1) is 14.9. The highest BCUT2D eigenvalue weighted by Gasteiger charge is 2.24. The third-order valence-corrected chi connectivity index (χ3v) is 6.08. The fourth-order valence-corrected chi connectivity index (χ4v) is 4.48. The standard InChI is InChI=1S/C30H30/c1-5-13-25(14-6-1)21-22-29(23-26-15-7-2-8-16-26)30(28-19-11-4-12-20-28)24-27-17-9-3-10-18-27/h1-20,29-30H,21-24H2/t29-,30+/m1/s1. The smallest absolute Gasteiger partial charge is 0.00899 e. The minimum absolute atomic E-state index is 0.498. The van der Waals surface area contributed by atoms with Crippen LogP contribution in [0.1, 0.15) is 34.6 Å². The Kier molecular flexibility index (Phi) is 7.12. The van der Waals surface area contributed by atoms with Crippen molar-refractivity contribution in [3.05, 3.63) is 144 Å². The highest BCUT2D eigenvalue weighted by molar-refractivity contribution is 5.27. The number of rotatable bonds is 9. The molecule has 0 heteroatoms. The van der Waals surface area contributed by atoms with Crippen molar-refractivity contribution in [2.45, 2.75) is 31.6 Å². The SMILES string of the molecule is c1ccc(CC[C@H](Cc2ccccc2)[C@@H](Cc2ccccc2)c2ccccc2)cc1. The molecule has 0 saturated carbocycles. The van der Waals surface area contributed by atoms with Crippen LogP contribution in [-0.2, 0) is 19.3 Å². The highest BCUT2D eigenvalue weighted by Crippen LogP contribution is 2.34. The third kappa shape index (κ3) is 5.70. The maximum absolute atomic E-state index is 2.31. The van der Waals surface area contributed by atoms with Gasteiger partial charge in [0.1, 0.15) is 0 Å². The molecule has 0 amide bonds. The monoisotopic (exact) mass is 390 g/mol. The average Bonchev–Trinajstić information content (AvgIpc) is 2.83. The summed E-state index contributed by atoms with van der Waals surface area (Å²) < 4.78 is 0. The average molecular weight is 391 g/mol. The van der Waals surface area contributed by atoms with Gasteiger partial charge in [-0.15, -0.1) is 0 Å². The highest BCUT2D eigenvalue weighted by atomic mass is 14.3. The zero-order chi connectivity index (χ0) is 20.4. The van der Waals surface area contributed by atoms with Gasteiger partial charge in [0.25, 0.3) is 0 Å². The van der Waals surface area contributed by atoms with Crippen molar-refractivity contribution in [2.75, 3.05) is 0 Å². The lowest BCUT2D eigenvalue weighted by Crippen LogP contribution is -2.19. The zero-order valence-electron chi connectivity index (χ0n) is 17.5. The summed E-state index contributed by atoms with van der Waals surface area (Å²) in [4.78, 5) is 0. The predicted molar refractivity (Wildman–Crippen MR) is 128 cm³/mol. The second kappa shape index (κ2) is 10.6. The van der Waals surface area contributed by atoms with Crippen molar-refractivity contribution in [1.82, 2.24) is 0 Å². The van der Waals surface area contributed by atoms with Crippen LogP contribution in [0.15, 0.2) is 121 Å². The summed E-state index contributed by atoms with van der Waals surface area (Å²) in [5.74, 6) is 1.08. The number of aryl methyl sites for hydroxylation is 1. The fourth-order valence-electron chi connectivity index (χ4n) is 4.48. The molecule has 0 bridgehead atoms. The summed E-state index contributed by atoms with van der Waals surface area (Å²) in [5.41, 5.74) is 5.74. The van der Waals surface area contributed by atoms with E-state index >= 15 is 0 Å².